The molecule has 1 aromatic carbocycles. The van der Waals surface area contributed by atoms with Crippen molar-refractivity contribution < 1.29 is 4.74 Å². The monoisotopic (exact) mass is 293 g/mol. The van der Waals surface area contributed by atoms with Crippen molar-refractivity contribution >= 4 is 21.6 Å². The van der Waals surface area contributed by atoms with Crippen molar-refractivity contribution in [2.75, 3.05) is 12.4 Å². The SMILES string of the molecule is COc1cc(Br)cc(NCc2ccncn2)c1. The Labute approximate surface area is 108 Å². The first-order valence-electron chi connectivity index (χ1n) is 5.11. The van der Waals surface area contributed by atoms with Crippen LogP contribution in [0.1, 0.15) is 5.69 Å². The van der Waals surface area contributed by atoms with Gasteiger partial charge in [0.05, 0.1) is 19.3 Å². The lowest BCUT2D eigenvalue weighted by Crippen LogP contribution is -2.01. The summed E-state index contributed by atoms with van der Waals surface area (Å²) in [5.74, 6) is 0.810. The van der Waals surface area contributed by atoms with Crippen molar-refractivity contribution in [1.82, 2.24) is 9.97 Å². The summed E-state index contributed by atoms with van der Waals surface area (Å²) < 4.78 is 6.17. The summed E-state index contributed by atoms with van der Waals surface area (Å²) in [6.07, 6.45) is 3.27. The molecule has 0 saturated heterocycles. The number of hydrogen-bond acceptors (Lipinski definition) is 4. The zero-order valence-electron chi connectivity index (χ0n) is 9.35. The third-order valence-electron chi connectivity index (χ3n) is 2.22. The molecular formula is C12H12BrN3O. The highest BCUT2D eigenvalue weighted by Crippen LogP contribution is 2.24. The molecule has 0 aliphatic carbocycles. The third-order valence-corrected chi connectivity index (χ3v) is 2.68. The second-order valence-corrected chi connectivity index (χ2v) is 4.35. The van der Waals surface area contributed by atoms with Gasteiger partial charge in [-0.25, -0.2) is 9.97 Å². The molecule has 17 heavy (non-hydrogen) atoms. The molecule has 0 aliphatic heterocycles. The minimum absolute atomic E-state index is 0.655. The number of methoxy groups -OCH3 is 1. The van der Waals surface area contributed by atoms with Crippen LogP contribution in [-0.2, 0) is 6.54 Å². The Bertz CT molecular complexity index is 490. The van der Waals surface area contributed by atoms with E-state index >= 15 is 0 Å². The van der Waals surface area contributed by atoms with Crippen LogP contribution < -0.4 is 10.1 Å². The summed E-state index contributed by atoms with van der Waals surface area (Å²) in [7, 11) is 1.65. The van der Waals surface area contributed by atoms with Crippen LogP contribution in [0.2, 0.25) is 0 Å². The molecule has 0 amide bonds. The molecule has 0 radical (unpaired) electrons. The smallest absolute Gasteiger partial charge is 0.122 e. The molecule has 88 valence electrons. The minimum Gasteiger partial charge on any atom is -0.497 e. The van der Waals surface area contributed by atoms with Gasteiger partial charge in [0.1, 0.15) is 12.1 Å². The van der Waals surface area contributed by atoms with Crippen LogP contribution >= 0.6 is 15.9 Å². The minimum atomic E-state index is 0.655. The fourth-order valence-electron chi connectivity index (χ4n) is 1.40. The number of halogens is 1. The van der Waals surface area contributed by atoms with Crippen LogP contribution in [0.3, 0.4) is 0 Å². The van der Waals surface area contributed by atoms with E-state index in [2.05, 4.69) is 31.2 Å². The molecule has 0 unspecified atom stereocenters. The molecule has 1 N–H and O–H groups in total. The number of rotatable bonds is 4. The normalized spacial score (nSPS) is 10.0. The maximum absolute atomic E-state index is 5.19. The lowest BCUT2D eigenvalue weighted by molar-refractivity contribution is 0.414. The Morgan fingerprint density at radius 2 is 2.24 bits per heavy atom. The van der Waals surface area contributed by atoms with E-state index < -0.39 is 0 Å². The molecule has 0 saturated carbocycles. The molecule has 4 nitrogen and oxygen atoms in total. The van der Waals surface area contributed by atoms with Crippen LogP contribution in [0.25, 0.3) is 0 Å². The molecule has 0 fully saturated rings. The van der Waals surface area contributed by atoms with E-state index in [1.165, 1.54) is 0 Å². The van der Waals surface area contributed by atoms with E-state index in [1.54, 1.807) is 19.6 Å². The average Bonchev–Trinajstić information content (AvgIpc) is 2.37. The van der Waals surface area contributed by atoms with Gasteiger partial charge < -0.3 is 10.1 Å². The Morgan fingerprint density at radius 1 is 1.35 bits per heavy atom. The second-order valence-electron chi connectivity index (χ2n) is 3.43. The first-order valence-corrected chi connectivity index (χ1v) is 5.90. The van der Waals surface area contributed by atoms with E-state index in [4.69, 9.17) is 4.74 Å². The van der Waals surface area contributed by atoms with Crippen molar-refractivity contribution in [1.29, 1.82) is 0 Å². The molecular weight excluding hydrogens is 282 g/mol. The highest BCUT2D eigenvalue weighted by molar-refractivity contribution is 9.10. The van der Waals surface area contributed by atoms with Gasteiger partial charge >= 0.3 is 0 Å². The van der Waals surface area contributed by atoms with Gasteiger partial charge in [0.2, 0.25) is 0 Å². The predicted octanol–water partition coefficient (Wildman–Crippen LogP) is 2.86. The molecule has 1 heterocycles. The van der Waals surface area contributed by atoms with Crippen LogP contribution in [0, 0.1) is 0 Å². The molecule has 0 atom stereocenters. The topological polar surface area (TPSA) is 47.0 Å². The predicted molar refractivity (Wildman–Crippen MR) is 70.1 cm³/mol. The van der Waals surface area contributed by atoms with Gasteiger partial charge in [-0.1, -0.05) is 15.9 Å². The summed E-state index contributed by atoms with van der Waals surface area (Å²) in [5, 5.41) is 3.28. The summed E-state index contributed by atoms with van der Waals surface area (Å²) in [4.78, 5) is 8.02. The number of nitrogens with one attached hydrogen (secondary N) is 1. The maximum atomic E-state index is 5.19. The van der Waals surface area contributed by atoms with Gasteiger partial charge in [-0.15, -0.1) is 0 Å². The lowest BCUT2D eigenvalue weighted by atomic mass is 10.3. The van der Waals surface area contributed by atoms with Gasteiger partial charge in [-0.3, -0.25) is 0 Å². The Balaban J connectivity index is 2.06. The van der Waals surface area contributed by atoms with Gasteiger partial charge in [0.25, 0.3) is 0 Å². The van der Waals surface area contributed by atoms with Gasteiger partial charge in [0.15, 0.2) is 0 Å². The molecule has 2 rings (SSSR count). The summed E-state index contributed by atoms with van der Waals surface area (Å²) >= 11 is 3.43. The van der Waals surface area contributed by atoms with Crippen molar-refractivity contribution in [3.63, 3.8) is 0 Å². The van der Waals surface area contributed by atoms with Gasteiger partial charge in [0, 0.05) is 22.4 Å². The van der Waals surface area contributed by atoms with Crippen molar-refractivity contribution in [3.05, 3.63) is 47.0 Å². The number of anilines is 1. The highest BCUT2D eigenvalue weighted by Gasteiger charge is 2.00. The van der Waals surface area contributed by atoms with E-state index in [0.717, 1.165) is 21.6 Å². The summed E-state index contributed by atoms with van der Waals surface area (Å²) in [5.41, 5.74) is 1.92. The maximum Gasteiger partial charge on any atom is 0.122 e. The third kappa shape index (κ3) is 3.42. The Hall–Kier alpha value is -1.62. The van der Waals surface area contributed by atoms with E-state index in [9.17, 15) is 0 Å². The number of nitrogens with zero attached hydrogens (tertiary/aromatic N) is 2. The largest absolute Gasteiger partial charge is 0.497 e. The Morgan fingerprint density at radius 3 is 2.94 bits per heavy atom. The van der Waals surface area contributed by atoms with E-state index in [0.29, 0.717) is 6.54 Å². The first kappa shape index (κ1) is 11.9. The quantitative estimate of drug-likeness (QED) is 0.942. The summed E-state index contributed by atoms with van der Waals surface area (Å²) in [6.45, 7) is 0.655. The molecule has 5 heteroatoms. The zero-order valence-corrected chi connectivity index (χ0v) is 10.9. The van der Waals surface area contributed by atoms with Crippen LogP contribution in [0.15, 0.2) is 41.3 Å². The molecule has 2 aromatic rings. The fourth-order valence-corrected chi connectivity index (χ4v) is 1.87. The van der Waals surface area contributed by atoms with Crippen molar-refractivity contribution in [2.45, 2.75) is 6.54 Å². The first-order chi connectivity index (χ1) is 8.28. The second kappa shape index (κ2) is 5.63. The number of ether oxygens (including phenoxy) is 1. The molecule has 1 aromatic heterocycles. The number of aromatic nitrogens is 2. The van der Waals surface area contributed by atoms with Crippen LogP contribution in [0.4, 0.5) is 5.69 Å². The standard InChI is InChI=1S/C12H12BrN3O/c1-17-12-5-9(13)4-11(6-12)15-7-10-2-3-14-8-16-10/h2-6,8,15H,7H2,1H3. The highest BCUT2D eigenvalue weighted by atomic mass is 79.9. The van der Waals surface area contributed by atoms with Crippen LogP contribution in [0.5, 0.6) is 5.75 Å². The number of benzene rings is 1. The molecule has 0 bridgehead atoms. The zero-order chi connectivity index (χ0) is 12.1. The van der Waals surface area contributed by atoms with Gasteiger partial charge in [-0.05, 0) is 18.2 Å². The van der Waals surface area contributed by atoms with Crippen molar-refractivity contribution in [3.8, 4) is 5.75 Å². The van der Waals surface area contributed by atoms with E-state index in [1.807, 2.05) is 24.3 Å². The van der Waals surface area contributed by atoms with E-state index in [-0.39, 0.29) is 0 Å². The average molecular weight is 294 g/mol. The number of hydrogen-bond donors (Lipinski definition) is 1. The molecule has 0 aliphatic rings. The Kier molecular flexibility index (Phi) is 3.93. The summed E-state index contributed by atoms with van der Waals surface area (Å²) in [6, 6.07) is 7.72. The fraction of sp³-hybridized carbons (Fsp3) is 0.167. The van der Waals surface area contributed by atoms with Crippen molar-refractivity contribution in [2.24, 2.45) is 0 Å². The molecule has 0 spiro atoms. The lowest BCUT2D eigenvalue weighted by Gasteiger charge is -2.08. The van der Waals surface area contributed by atoms with Crippen LogP contribution in [-0.4, -0.2) is 17.1 Å². The van der Waals surface area contributed by atoms with Gasteiger partial charge in [-0.2, -0.15) is 0 Å².